The minimum absolute atomic E-state index is 0.00704. The van der Waals surface area contributed by atoms with Gasteiger partial charge in [0.25, 0.3) is 0 Å². The van der Waals surface area contributed by atoms with E-state index in [1.54, 1.807) is 11.1 Å². The van der Waals surface area contributed by atoms with Crippen molar-refractivity contribution in [3.8, 4) is 0 Å². The lowest BCUT2D eigenvalue weighted by Crippen LogP contribution is -2.46. The molecule has 1 aromatic heterocycles. The maximum Gasteiger partial charge on any atom is 0.242 e. The Bertz CT molecular complexity index is 880. The first kappa shape index (κ1) is 20.9. The molecule has 6 nitrogen and oxygen atoms in total. The number of hydrogen-bond acceptors (Lipinski definition) is 4. The van der Waals surface area contributed by atoms with Crippen LogP contribution in [0.15, 0.2) is 34.9 Å². The van der Waals surface area contributed by atoms with E-state index in [-0.39, 0.29) is 24.4 Å². The summed E-state index contributed by atoms with van der Waals surface area (Å²) in [4.78, 5) is 33.5. The highest BCUT2D eigenvalue weighted by molar-refractivity contribution is 6.30. The molecule has 1 aromatic carbocycles. The SMILES string of the molecule is O=C1CCCCCN1CC(=O)N1CCCCC1c1ncc(Cc2ccc(Cl)cc2)o1. The van der Waals surface area contributed by atoms with Gasteiger partial charge in [0.05, 0.1) is 12.7 Å². The van der Waals surface area contributed by atoms with Crippen molar-refractivity contribution in [2.75, 3.05) is 19.6 Å². The molecule has 30 heavy (non-hydrogen) atoms. The Hall–Kier alpha value is -2.34. The Morgan fingerprint density at radius 3 is 2.73 bits per heavy atom. The fourth-order valence-electron chi connectivity index (χ4n) is 4.31. The fraction of sp³-hybridized carbons (Fsp3) is 0.522. The summed E-state index contributed by atoms with van der Waals surface area (Å²) in [6.45, 7) is 1.52. The number of likely N-dealkylation sites (tertiary alicyclic amines) is 2. The number of piperidine rings is 1. The second kappa shape index (κ2) is 9.65. The molecule has 0 spiro atoms. The molecule has 3 heterocycles. The van der Waals surface area contributed by atoms with Gasteiger partial charge in [0.1, 0.15) is 11.8 Å². The van der Waals surface area contributed by atoms with Crippen molar-refractivity contribution in [1.82, 2.24) is 14.8 Å². The average Bonchev–Trinajstić information content (AvgIpc) is 3.13. The summed E-state index contributed by atoms with van der Waals surface area (Å²) in [5, 5.41) is 0.705. The van der Waals surface area contributed by atoms with Crippen LogP contribution >= 0.6 is 11.6 Å². The summed E-state index contributed by atoms with van der Waals surface area (Å²) >= 11 is 5.96. The molecule has 1 atom stereocenters. The smallest absolute Gasteiger partial charge is 0.242 e. The number of nitrogens with zero attached hydrogens (tertiary/aromatic N) is 3. The Kier molecular flexibility index (Phi) is 6.72. The third-order valence-electron chi connectivity index (χ3n) is 5.97. The third kappa shape index (κ3) is 5.04. The van der Waals surface area contributed by atoms with Crippen LogP contribution in [-0.2, 0) is 16.0 Å². The first-order chi connectivity index (χ1) is 14.6. The second-order valence-electron chi connectivity index (χ2n) is 8.19. The minimum atomic E-state index is -0.160. The minimum Gasteiger partial charge on any atom is -0.443 e. The van der Waals surface area contributed by atoms with Crippen molar-refractivity contribution in [2.45, 2.75) is 57.4 Å². The number of carbonyl (C=O) groups excluding carboxylic acids is 2. The molecule has 1 unspecified atom stereocenters. The molecule has 2 aliphatic rings. The van der Waals surface area contributed by atoms with Crippen LogP contribution in [0, 0.1) is 0 Å². The molecule has 0 radical (unpaired) electrons. The highest BCUT2D eigenvalue weighted by Gasteiger charge is 2.33. The van der Waals surface area contributed by atoms with E-state index in [0.717, 1.165) is 49.8 Å². The van der Waals surface area contributed by atoms with Crippen LogP contribution in [0.1, 0.15) is 68.2 Å². The first-order valence-corrected chi connectivity index (χ1v) is 11.2. The molecule has 2 fully saturated rings. The van der Waals surface area contributed by atoms with Gasteiger partial charge in [-0.1, -0.05) is 30.2 Å². The van der Waals surface area contributed by atoms with Gasteiger partial charge in [-0.15, -0.1) is 0 Å². The van der Waals surface area contributed by atoms with Crippen molar-refractivity contribution in [1.29, 1.82) is 0 Å². The second-order valence-corrected chi connectivity index (χ2v) is 8.63. The predicted octanol–water partition coefficient (Wildman–Crippen LogP) is 4.38. The van der Waals surface area contributed by atoms with E-state index in [1.165, 1.54) is 0 Å². The molecule has 0 N–H and O–H groups in total. The normalized spacial score (nSPS) is 20.3. The monoisotopic (exact) mass is 429 g/mol. The van der Waals surface area contributed by atoms with E-state index < -0.39 is 0 Å². The van der Waals surface area contributed by atoms with Gasteiger partial charge in [-0.25, -0.2) is 4.98 Å². The Balaban J connectivity index is 1.44. The fourth-order valence-corrected chi connectivity index (χ4v) is 4.43. The maximum absolute atomic E-state index is 13.1. The highest BCUT2D eigenvalue weighted by Crippen LogP contribution is 2.31. The first-order valence-electron chi connectivity index (χ1n) is 10.9. The van der Waals surface area contributed by atoms with E-state index in [2.05, 4.69) is 4.98 Å². The topological polar surface area (TPSA) is 66.7 Å². The molecule has 2 aromatic rings. The molecule has 2 amide bonds. The largest absolute Gasteiger partial charge is 0.443 e. The molecule has 0 bridgehead atoms. The predicted molar refractivity (Wildman–Crippen MR) is 114 cm³/mol. The van der Waals surface area contributed by atoms with Gasteiger partial charge in [-0.3, -0.25) is 9.59 Å². The molecule has 2 aliphatic heterocycles. The van der Waals surface area contributed by atoms with Crippen LogP contribution in [0.5, 0.6) is 0 Å². The molecular weight excluding hydrogens is 402 g/mol. The summed E-state index contributed by atoms with van der Waals surface area (Å²) in [7, 11) is 0. The Labute approximate surface area is 182 Å². The summed E-state index contributed by atoms with van der Waals surface area (Å²) in [5.41, 5.74) is 1.10. The number of oxazole rings is 1. The Morgan fingerprint density at radius 2 is 1.90 bits per heavy atom. The molecule has 4 rings (SSSR count). The number of hydrogen-bond donors (Lipinski definition) is 0. The zero-order valence-electron chi connectivity index (χ0n) is 17.2. The average molecular weight is 430 g/mol. The number of aromatic nitrogens is 1. The molecule has 2 saturated heterocycles. The number of rotatable bonds is 5. The van der Waals surface area contributed by atoms with Crippen LogP contribution < -0.4 is 0 Å². The van der Waals surface area contributed by atoms with Crippen LogP contribution in [0.25, 0.3) is 0 Å². The van der Waals surface area contributed by atoms with Gasteiger partial charge in [0, 0.05) is 31.0 Å². The molecule has 160 valence electrons. The lowest BCUT2D eigenvalue weighted by atomic mass is 10.0. The van der Waals surface area contributed by atoms with Crippen LogP contribution in [0.2, 0.25) is 5.02 Å². The number of amides is 2. The molecular formula is C23H28ClN3O3. The van der Waals surface area contributed by atoms with Gasteiger partial charge in [-0.05, 0) is 49.8 Å². The van der Waals surface area contributed by atoms with E-state index in [9.17, 15) is 9.59 Å². The van der Waals surface area contributed by atoms with Crippen LogP contribution in [0.4, 0.5) is 0 Å². The molecule has 7 heteroatoms. The zero-order chi connectivity index (χ0) is 20.9. The van der Waals surface area contributed by atoms with E-state index in [0.29, 0.717) is 36.8 Å². The lowest BCUT2D eigenvalue weighted by Gasteiger charge is -2.35. The number of halogens is 1. The quantitative estimate of drug-likeness (QED) is 0.707. The van der Waals surface area contributed by atoms with Crippen molar-refractivity contribution in [3.05, 3.63) is 52.7 Å². The van der Waals surface area contributed by atoms with E-state index in [4.69, 9.17) is 16.0 Å². The number of benzene rings is 1. The van der Waals surface area contributed by atoms with Gasteiger partial charge < -0.3 is 14.2 Å². The lowest BCUT2D eigenvalue weighted by molar-refractivity contribution is -0.143. The zero-order valence-corrected chi connectivity index (χ0v) is 17.9. The molecule has 0 aliphatic carbocycles. The van der Waals surface area contributed by atoms with Crippen molar-refractivity contribution in [3.63, 3.8) is 0 Å². The highest BCUT2D eigenvalue weighted by atomic mass is 35.5. The van der Waals surface area contributed by atoms with E-state index >= 15 is 0 Å². The summed E-state index contributed by atoms with van der Waals surface area (Å²) < 4.78 is 6.05. The number of carbonyl (C=O) groups is 2. The maximum atomic E-state index is 13.1. The Morgan fingerprint density at radius 1 is 1.10 bits per heavy atom. The summed E-state index contributed by atoms with van der Waals surface area (Å²) in [6.07, 6.45) is 8.70. The van der Waals surface area contributed by atoms with Crippen molar-refractivity contribution < 1.29 is 14.0 Å². The van der Waals surface area contributed by atoms with Gasteiger partial charge in [-0.2, -0.15) is 0 Å². The van der Waals surface area contributed by atoms with Crippen molar-refractivity contribution in [2.24, 2.45) is 0 Å². The molecule has 0 saturated carbocycles. The van der Waals surface area contributed by atoms with Crippen molar-refractivity contribution >= 4 is 23.4 Å². The van der Waals surface area contributed by atoms with Crippen LogP contribution in [-0.4, -0.2) is 46.2 Å². The third-order valence-corrected chi connectivity index (χ3v) is 6.22. The van der Waals surface area contributed by atoms with Crippen LogP contribution in [0.3, 0.4) is 0 Å². The summed E-state index contributed by atoms with van der Waals surface area (Å²) in [6, 6.07) is 7.50. The van der Waals surface area contributed by atoms with Gasteiger partial charge in [0.2, 0.25) is 17.7 Å². The van der Waals surface area contributed by atoms with Gasteiger partial charge in [0.15, 0.2) is 0 Å². The standard InChI is InChI=1S/C23H28ClN3O3/c24-18-10-8-17(9-11-18)14-19-15-25-23(30-19)20-6-3-5-13-27(20)22(29)16-26-12-4-1-2-7-21(26)28/h8-11,15,20H,1-7,12-14,16H2. The van der Waals surface area contributed by atoms with E-state index in [1.807, 2.05) is 29.2 Å². The summed E-state index contributed by atoms with van der Waals surface area (Å²) in [5.74, 6) is 1.45. The van der Waals surface area contributed by atoms with Gasteiger partial charge >= 0.3 is 0 Å².